The zero-order chi connectivity index (χ0) is 21.3. The summed E-state index contributed by atoms with van der Waals surface area (Å²) in [6, 6.07) is 14.7. The predicted octanol–water partition coefficient (Wildman–Crippen LogP) is 3.57. The first-order valence-electron chi connectivity index (χ1n) is 9.57. The van der Waals surface area contributed by atoms with Crippen molar-refractivity contribution < 1.29 is 23.5 Å². The van der Waals surface area contributed by atoms with Gasteiger partial charge in [0, 0.05) is 19.0 Å². The molecule has 0 aliphatic carbocycles. The van der Waals surface area contributed by atoms with E-state index < -0.39 is 0 Å². The molecule has 3 rings (SSSR count). The van der Waals surface area contributed by atoms with E-state index in [4.69, 9.17) is 18.7 Å². The van der Waals surface area contributed by atoms with Gasteiger partial charge in [0.1, 0.15) is 17.2 Å². The summed E-state index contributed by atoms with van der Waals surface area (Å²) in [6.07, 6.45) is 0.974. The van der Waals surface area contributed by atoms with Gasteiger partial charge in [-0.2, -0.15) is 4.98 Å². The second-order valence-corrected chi connectivity index (χ2v) is 6.62. The largest absolute Gasteiger partial charge is 0.497 e. The van der Waals surface area contributed by atoms with Gasteiger partial charge in [-0.3, -0.25) is 4.79 Å². The maximum Gasteiger partial charge on any atom is 0.246 e. The van der Waals surface area contributed by atoms with Gasteiger partial charge >= 0.3 is 0 Å². The lowest BCUT2D eigenvalue weighted by molar-refractivity contribution is -0.131. The van der Waals surface area contributed by atoms with Crippen molar-refractivity contribution >= 4 is 5.91 Å². The summed E-state index contributed by atoms with van der Waals surface area (Å²) in [5.74, 6) is 3.11. The number of methoxy groups -OCH3 is 2. The van der Waals surface area contributed by atoms with Crippen molar-refractivity contribution in [2.75, 3.05) is 27.9 Å². The molecule has 8 heteroatoms. The highest BCUT2D eigenvalue weighted by molar-refractivity contribution is 5.75. The van der Waals surface area contributed by atoms with E-state index in [0.29, 0.717) is 31.2 Å². The first-order valence-corrected chi connectivity index (χ1v) is 9.57. The third-order valence-electron chi connectivity index (χ3n) is 4.48. The number of nitrogens with zero attached hydrogens (tertiary/aromatic N) is 3. The quantitative estimate of drug-likeness (QED) is 0.471. The van der Waals surface area contributed by atoms with E-state index in [1.165, 1.54) is 0 Å². The minimum atomic E-state index is -0.0162. The molecule has 0 spiro atoms. The highest BCUT2D eigenvalue weighted by Gasteiger charge is 2.14. The standard InChI is InChI=1S/C22H25N3O5/c1-25(21(26)5-4-14-29-19-12-10-18(28-3)11-13-19)15-20-23-22(24-30-20)16-6-8-17(27-2)9-7-16/h6-13H,4-5,14-15H2,1-3H3. The minimum absolute atomic E-state index is 0.0162. The number of rotatable bonds is 10. The molecular weight excluding hydrogens is 386 g/mol. The van der Waals surface area contributed by atoms with E-state index in [-0.39, 0.29) is 12.5 Å². The summed E-state index contributed by atoms with van der Waals surface area (Å²) in [7, 11) is 4.94. The molecule has 0 radical (unpaired) electrons. The average molecular weight is 411 g/mol. The van der Waals surface area contributed by atoms with Gasteiger partial charge in [-0.25, -0.2) is 0 Å². The molecule has 0 aliphatic heterocycles. The van der Waals surface area contributed by atoms with Crippen molar-refractivity contribution in [3.8, 4) is 28.6 Å². The van der Waals surface area contributed by atoms with Gasteiger partial charge in [-0.15, -0.1) is 0 Å². The molecule has 0 N–H and O–H groups in total. The Morgan fingerprint density at radius 2 is 1.57 bits per heavy atom. The molecule has 1 amide bonds. The van der Waals surface area contributed by atoms with Gasteiger partial charge in [0.2, 0.25) is 17.6 Å². The SMILES string of the molecule is COc1ccc(OCCCC(=O)N(C)Cc2nc(-c3ccc(OC)cc3)no2)cc1. The normalized spacial score (nSPS) is 10.5. The fraction of sp³-hybridized carbons (Fsp3) is 0.318. The number of ether oxygens (including phenoxy) is 3. The summed E-state index contributed by atoms with van der Waals surface area (Å²) in [4.78, 5) is 18.3. The number of carbonyl (C=O) groups is 1. The lowest BCUT2D eigenvalue weighted by Gasteiger charge is -2.14. The van der Waals surface area contributed by atoms with E-state index in [2.05, 4.69) is 10.1 Å². The minimum Gasteiger partial charge on any atom is -0.497 e. The van der Waals surface area contributed by atoms with Crippen LogP contribution in [-0.2, 0) is 11.3 Å². The van der Waals surface area contributed by atoms with Crippen LogP contribution < -0.4 is 14.2 Å². The second-order valence-electron chi connectivity index (χ2n) is 6.62. The lowest BCUT2D eigenvalue weighted by Crippen LogP contribution is -2.26. The van der Waals surface area contributed by atoms with Crippen LogP contribution in [0.15, 0.2) is 53.1 Å². The van der Waals surface area contributed by atoms with Crippen LogP contribution in [0.25, 0.3) is 11.4 Å². The van der Waals surface area contributed by atoms with Crippen LogP contribution in [0.1, 0.15) is 18.7 Å². The third-order valence-corrected chi connectivity index (χ3v) is 4.48. The summed E-state index contributed by atoms with van der Waals surface area (Å²) >= 11 is 0. The van der Waals surface area contributed by atoms with Crippen LogP contribution in [0.5, 0.6) is 17.2 Å². The Balaban J connectivity index is 1.43. The zero-order valence-corrected chi connectivity index (χ0v) is 17.3. The number of carbonyl (C=O) groups excluding carboxylic acids is 1. The summed E-state index contributed by atoms with van der Waals surface area (Å²) in [6.45, 7) is 0.704. The first-order chi connectivity index (χ1) is 14.6. The molecule has 3 aromatic rings. The van der Waals surface area contributed by atoms with Gasteiger partial charge < -0.3 is 23.6 Å². The molecule has 0 bridgehead atoms. The van der Waals surface area contributed by atoms with Crippen LogP contribution in [0.2, 0.25) is 0 Å². The fourth-order valence-electron chi connectivity index (χ4n) is 2.74. The van der Waals surface area contributed by atoms with Crippen LogP contribution in [0.3, 0.4) is 0 Å². The molecule has 0 aliphatic rings. The van der Waals surface area contributed by atoms with Crippen molar-refractivity contribution in [3.05, 3.63) is 54.4 Å². The summed E-state index contributed by atoms with van der Waals surface area (Å²) in [5, 5.41) is 3.98. The number of hydrogen-bond acceptors (Lipinski definition) is 7. The molecule has 158 valence electrons. The van der Waals surface area contributed by atoms with Crippen molar-refractivity contribution in [1.82, 2.24) is 15.0 Å². The number of amides is 1. The molecule has 2 aromatic carbocycles. The molecule has 1 aromatic heterocycles. The first kappa shape index (κ1) is 21.2. The second kappa shape index (κ2) is 10.3. The van der Waals surface area contributed by atoms with Crippen LogP contribution in [0, 0.1) is 0 Å². The van der Waals surface area contributed by atoms with E-state index in [0.717, 1.165) is 22.8 Å². The maximum absolute atomic E-state index is 12.3. The molecule has 0 atom stereocenters. The van der Waals surface area contributed by atoms with Crippen molar-refractivity contribution in [3.63, 3.8) is 0 Å². The average Bonchev–Trinajstić information content (AvgIpc) is 3.25. The molecule has 0 saturated heterocycles. The van der Waals surface area contributed by atoms with Crippen molar-refractivity contribution in [2.24, 2.45) is 0 Å². The van der Waals surface area contributed by atoms with E-state index in [1.807, 2.05) is 48.5 Å². The summed E-state index contributed by atoms with van der Waals surface area (Å²) in [5.41, 5.74) is 0.815. The number of hydrogen-bond donors (Lipinski definition) is 0. The Hall–Kier alpha value is -3.55. The monoisotopic (exact) mass is 411 g/mol. The fourth-order valence-corrected chi connectivity index (χ4v) is 2.74. The zero-order valence-electron chi connectivity index (χ0n) is 17.3. The van der Waals surface area contributed by atoms with Crippen LogP contribution in [0.4, 0.5) is 0 Å². The van der Waals surface area contributed by atoms with Gasteiger partial charge in [0.05, 0.1) is 27.4 Å². The molecule has 30 heavy (non-hydrogen) atoms. The van der Waals surface area contributed by atoms with Crippen LogP contribution >= 0.6 is 0 Å². The Labute approximate surface area is 175 Å². The number of benzene rings is 2. The smallest absolute Gasteiger partial charge is 0.246 e. The third kappa shape index (κ3) is 5.73. The van der Waals surface area contributed by atoms with Crippen molar-refractivity contribution in [2.45, 2.75) is 19.4 Å². The van der Waals surface area contributed by atoms with Crippen LogP contribution in [-0.4, -0.2) is 48.8 Å². The number of aromatic nitrogens is 2. The van der Waals surface area contributed by atoms with Crippen molar-refractivity contribution in [1.29, 1.82) is 0 Å². The Bertz CT molecular complexity index is 938. The van der Waals surface area contributed by atoms with E-state index in [1.54, 1.807) is 26.2 Å². The molecular formula is C22H25N3O5. The Morgan fingerprint density at radius 1 is 0.967 bits per heavy atom. The maximum atomic E-state index is 12.3. The van der Waals surface area contributed by atoms with E-state index in [9.17, 15) is 4.79 Å². The lowest BCUT2D eigenvalue weighted by atomic mass is 10.2. The Morgan fingerprint density at radius 3 is 2.20 bits per heavy atom. The highest BCUT2D eigenvalue weighted by Crippen LogP contribution is 2.20. The Kier molecular flexibility index (Phi) is 7.26. The predicted molar refractivity (Wildman–Crippen MR) is 110 cm³/mol. The van der Waals surface area contributed by atoms with Gasteiger partial charge in [-0.1, -0.05) is 5.16 Å². The molecule has 0 unspecified atom stereocenters. The highest BCUT2D eigenvalue weighted by atomic mass is 16.5. The van der Waals surface area contributed by atoms with Gasteiger partial charge in [0.25, 0.3) is 0 Å². The molecule has 8 nitrogen and oxygen atoms in total. The van der Waals surface area contributed by atoms with Gasteiger partial charge in [0.15, 0.2) is 0 Å². The molecule has 0 fully saturated rings. The van der Waals surface area contributed by atoms with E-state index >= 15 is 0 Å². The van der Waals surface area contributed by atoms with Gasteiger partial charge in [-0.05, 0) is 55.0 Å². The molecule has 1 heterocycles. The molecule has 0 saturated carbocycles. The topological polar surface area (TPSA) is 86.9 Å². The summed E-state index contributed by atoms with van der Waals surface area (Å²) < 4.78 is 21.2.